The number of carbonyl (C=O) groups is 1. The highest BCUT2D eigenvalue weighted by Gasteiger charge is 2.18. The normalized spacial score (nSPS) is 11.5. The van der Waals surface area contributed by atoms with Crippen molar-refractivity contribution in [2.24, 2.45) is 5.10 Å². The van der Waals surface area contributed by atoms with E-state index in [2.05, 4.69) is 34.8 Å². The van der Waals surface area contributed by atoms with Crippen LogP contribution in [-0.2, 0) is 0 Å². The minimum Gasteiger partial charge on any atom is -0.267 e. The second kappa shape index (κ2) is 8.85. The van der Waals surface area contributed by atoms with Crippen molar-refractivity contribution in [1.82, 2.24) is 5.43 Å². The molecule has 5 heteroatoms. The molecular formula is C22H18Cl2N2O. The zero-order valence-electron chi connectivity index (χ0n) is 14.7. The first-order chi connectivity index (χ1) is 13.1. The van der Waals surface area contributed by atoms with E-state index in [1.165, 1.54) is 6.07 Å². The monoisotopic (exact) mass is 396 g/mol. The van der Waals surface area contributed by atoms with Gasteiger partial charge in [0, 0.05) is 16.7 Å². The van der Waals surface area contributed by atoms with Crippen molar-refractivity contribution in [2.45, 2.75) is 12.8 Å². The van der Waals surface area contributed by atoms with Crippen molar-refractivity contribution in [3.8, 4) is 0 Å². The Morgan fingerprint density at radius 1 is 0.889 bits per heavy atom. The van der Waals surface area contributed by atoms with Gasteiger partial charge in [-0.25, -0.2) is 5.43 Å². The first kappa shape index (κ1) is 19.2. The van der Waals surface area contributed by atoms with Crippen LogP contribution in [-0.4, -0.2) is 11.6 Å². The fourth-order valence-electron chi connectivity index (χ4n) is 2.90. The quantitative estimate of drug-likeness (QED) is 0.421. The maximum atomic E-state index is 12.4. The highest BCUT2D eigenvalue weighted by atomic mass is 35.5. The van der Waals surface area contributed by atoms with Crippen molar-refractivity contribution < 1.29 is 4.79 Å². The number of nitrogens with zero attached hydrogens (tertiary/aromatic N) is 1. The fraction of sp³-hybridized carbons (Fsp3) is 0.0909. The smallest absolute Gasteiger partial charge is 0.267 e. The fourth-order valence-corrected chi connectivity index (χ4v) is 3.40. The molecule has 3 aromatic carbocycles. The molecule has 1 amide bonds. The van der Waals surface area contributed by atoms with Crippen LogP contribution in [0, 0.1) is 0 Å². The third-order valence-corrected chi connectivity index (χ3v) is 4.74. The number of halogens is 2. The van der Waals surface area contributed by atoms with Gasteiger partial charge in [0.15, 0.2) is 0 Å². The van der Waals surface area contributed by atoms with E-state index in [0.717, 1.165) is 16.8 Å². The minimum absolute atomic E-state index is 0.0617. The van der Waals surface area contributed by atoms with E-state index < -0.39 is 0 Å². The Hall–Kier alpha value is -2.62. The number of benzene rings is 3. The lowest BCUT2D eigenvalue weighted by Crippen LogP contribution is -2.22. The van der Waals surface area contributed by atoms with E-state index in [4.69, 9.17) is 23.2 Å². The summed E-state index contributed by atoms with van der Waals surface area (Å²) < 4.78 is 0. The summed E-state index contributed by atoms with van der Waals surface area (Å²) in [6, 6.07) is 24.8. The van der Waals surface area contributed by atoms with Crippen LogP contribution in [0.1, 0.15) is 34.3 Å². The molecule has 3 rings (SSSR count). The van der Waals surface area contributed by atoms with Gasteiger partial charge in [-0.05, 0) is 36.2 Å². The summed E-state index contributed by atoms with van der Waals surface area (Å²) in [5.74, 6) is -0.440. The Labute approximate surface area is 168 Å². The summed E-state index contributed by atoms with van der Waals surface area (Å²) in [5, 5.41) is 5.11. The molecule has 0 spiro atoms. The topological polar surface area (TPSA) is 41.5 Å². The summed E-state index contributed by atoms with van der Waals surface area (Å²) in [4.78, 5) is 12.4. The second-order valence-corrected chi connectivity index (χ2v) is 6.92. The van der Waals surface area contributed by atoms with Crippen LogP contribution in [0.25, 0.3) is 0 Å². The molecule has 0 aliphatic carbocycles. The van der Waals surface area contributed by atoms with Crippen LogP contribution in [0.2, 0.25) is 10.0 Å². The molecule has 3 aromatic rings. The lowest BCUT2D eigenvalue weighted by molar-refractivity contribution is 0.0955. The van der Waals surface area contributed by atoms with Gasteiger partial charge < -0.3 is 0 Å². The van der Waals surface area contributed by atoms with E-state index in [0.29, 0.717) is 10.6 Å². The Kier molecular flexibility index (Phi) is 6.28. The first-order valence-corrected chi connectivity index (χ1v) is 9.21. The Morgan fingerprint density at radius 3 is 1.96 bits per heavy atom. The molecule has 0 saturated carbocycles. The summed E-state index contributed by atoms with van der Waals surface area (Å²) in [6.07, 6.45) is 0. The van der Waals surface area contributed by atoms with Gasteiger partial charge in [-0.1, -0.05) is 83.9 Å². The highest BCUT2D eigenvalue weighted by molar-refractivity contribution is 6.36. The third kappa shape index (κ3) is 4.76. The van der Waals surface area contributed by atoms with E-state index in [1.807, 2.05) is 43.3 Å². The van der Waals surface area contributed by atoms with Crippen molar-refractivity contribution in [1.29, 1.82) is 0 Å². The van der Waals surface area contributed by atoms with Crippen LogP contribution in [0.5, 0.6) is 0 Å². The lowest BCUT2D eigenvalue weighted by atomic mass is 9.88. The van der Waals surface area contributed by atoms with Gasteiger partial charge in [-0.2, -0.15) is 5.10 Å². The molecule has 0 saturated heterocycles. The van der Waals surface area contributed by atoms with E-state index in [9.17, 15) is 4.79 Å². The standard InChI is InChI=1S/C22H18Cl2N2O/c1-15(25-26-22(27)19-13-12-18(23)14-20(19)24)21(16-8-4-2-5-9-16)17-10-6-3-7-11-17/h2-14,21H,1H3,(H,26,27)/b25-15+. The van der Waals surface area contributed by atoms with Crippen LogP contribution < -0.4 is 5.43 Å². The maximum Gasteiger partial charge on any atom is 0.272 e. The number of hydrogen-bond donors (Lipinski definition) is 1. The predicted molar refractivity (Wildman–Crippen MR) is 112 cm³/mol. The first-order valence-electron chi connectivity index (χ1n) is 8.45. The molecule has 3 nitrogen and oxygen atoms in total. The zero-order valence-corrected chi connectivity index (χ0v) is 16.2. The summed E-state index contributed by atoms with van der Waals surface area (Å²) in [7, 11) is 0. The molecular weight excluding hydrogens is 379 g/mol. The molecule has 0 bridgehead atoms. The van der Waals surface area contributed by atoms with E-state index in [1.54, 1.807) is 12.1 Å². The van der Waals surface area contributed by atoms with Gasteiger partial charge in [0.2, 0.25) is 0 Å². The average molecular weight is 397 g/mol. The number of rotatable bonds is 5. The molecule has 0 atom stereocenters. The molecule has 27 heavy (non-hydrogen) atoms. The number of nitrogens with one attached hydrogen (secondary N) is 1. The van der Waals surface area contributed by atoms with Crippen LogP contribution in [0.15, 0.2) is 84.0 Å². The van der Waals surface area contributed by atoms with Crippen molar-refractivity contribution in [3.05, 3.63) is 106 Å². The number of amides is 1. The molecule has 0 aliphatic heterocycles. The third-order valence-electron chi connectivity index (χ3n) is 4.19. The van der Waals surface area contributed by atoms with E-state index >= 15 is 0 Å². The van der Waals surface area contributed by atoms with Crippen LogP contribution in [0.3, 0.4) is 0 Å². The minimum atomic E-state index is -0.379. The zero-order chi connectivity index (χ0) is 19.2. The van der Waals surface area contributed by atoms with Crippen LogP contribution >= 0.6 is 23.2 Å². The maximum absolute atomic E-state index is 12.4. The lowest BCUT2D eigenvalue weighted by Gasteiger charge is -2.18. The van der Waals surface area contributed by atoms with E-state index in [-0.39, 0.29) is 16.8 Å². The van der Waals surface area contributed by atoms with Gasteiger partial charge in [0.05, 0.1) is 10.6 Å². The van der Waals surface area contributed by atoms with Crippen molar-refractivity contribution in [2.75, 3.05) is 0 Å². The second-order valence-electron chi connectivity index (χ2n) is 6.07. The van der Waals surface area contributed by atoms with Crippen molar-refractivity contribution in [3.63, 3.8) is 0 Å². The molecule has 0 aromatic heterocycles. The molecule has 0 radical (unpaired) electrons. The molecule has 0 heterocycles. The molecule has 136 valence electrons. The Bertz CT molecular complexity index is 917. The van der Waals surface area contributed by atoms with Gasteiger partial charge in [0.25, 0.3) is 5.91 Å². The Morgan fingerprint density at radius 2 is 1.44 bits per heavy atom. The Balaban J connectivity index is 1.88. The van der Waals surface area contributed by atoms with Crippen LogP contribution in [0.4, 0.5) is 0 Å². The highest BCUT2D eigenvalue weighted by Crippen LogP contribution is 2.26. The number of carbonyl (C=O) groups excluding carboxylic acids is 1. The molecule has 0 unspecified atom stereocenters. The predicted octanol–water partition coefficient (Wildman–Crippen LogP) is 5.93. The van der Waals surface area contributed by atoms with Crippen molar-refractivity contribution >= 4 is 34.8 Å². The molecule has 0 aliphatic rings. The number of hydrogen-bond acceptors (Lipinski definition) is 2. The van der Waals surface area contributed by atoms with Gasteiger partial charge >= 0.3 is 0 Å². The SMILES string of the molecule is C/C(=N\NC(=O)c1ccc(Cl)cc1Cl)C(c1ccccc1)c1ccccc1. The molecule has 0 fully saturated rings. The van der Waals surface area contributed by atoms with Gasteiger partial charge in [-0.3, -0.25) is 4.79 Å². The van der Waals surface area contributed by atoms with Gasteiger partial charge in [0.1, 0.15) is 0 Å². The molecule has 1 N–H and O–H groups in total. The largest absolute Gasteiger partial charge is 0.272 e. The van der Waals surface area contributed by atoms with Gasteiger partial charge in [-0.15, -0.1) is 0 Å². The number of hydrazone groups is 1. The summed E-state index contributed by atoms with van der Waals surface area (Å²) in [6.45, 7) is 1.90. The summed E-state index contributed by atoms with van der Waals surface area (Å²) >= 11 is 12.0. The average Bonchev–Trinajstić information content (AvgIpc) is 2.68. The summed E-state index contributed by atoms with van der Waals surface area (Å²) in [5.41, 5.74) is 5.90.